The molecule has 1 aliphatic carbocycles. The molecule has 0 spiro atoms. The second-order valence-corrected chi connectivity index (χ2v) is 9.03. The molecule has 8 heteroatoms. The zero-order chi connectivity index (χ0) is 23.5. The Bertz CT molecular complexity index is 1270. The Kier molecular flexibility index (Phi) is 5.08. The Morgan fingerprint density at radius 3 is 2.55 bits per heavy atom. The monoisotopic (exact) mass is 458 g/mol. The van der Waals surface area contributed by atoms with E-state index in [-0.39, 0.29) is 23.7 Å². The van der Waals surface area contributed by atoms with E-state index in [9.17, 15) is 13.6 Å². The van der Waals surface area contributed by atoms with Crippen LogP contribution in [0.1, 0.15) is 48.2 Å². The van der Waals surface area contributed by atoms with E-state index < -0.39 is 35.1 Å². The lowest BCUT2D eigenvalue weighted by Gasteiger charge is -2.41. The SMILES string of the molecule is C[C@@H]1Cc2c([nH]c3cccc(F)c23)[C@@H](c2c(F)cc(/C=C/C(=O)O)cc2F)N1CC1(F)CC1. The molecule has 0 radical (unpaired) electrons. The van der Waals surface area contributed by atoms with Crippen LogP contribution in [-0.4, -0.2) is 39.2 Å². The maximum atomic E-state index is 15.4. The average Bonchev–Trinajstić information content (AvgIpc) is 3.35. The van der Waals surface area contributed by atoms with E-state index in [2.05, 4.69) is 4.98 Å². The van der Waals surface area contributed by atoms with Gasteiger partial charge in [-0.2, -0.15) is 0 Å². The van der Waals surface area contributed by atoms with Gasteiger partial charge in [0, 0.05) is 40.8 Å². The molecule has 33 heavy (non-hydrogen) atoms. The second-order valence-electron chi connectivity index (χ2n) is 9.03. The van der Waals surface area contributed by atoms with Crippen LogP contribution in [-0.2, 0) is 11.2 Å². The summed E-state index contributed by atoms with van der Waals surface area (Å²) in [5.74, 6) is -3.42. The number of carboxylic acids is 1. The van der Waals surface area contributed by atoms with E-state index in [1.807, 2.05) is 6.92 Å². The molecule has 0 unspecified atom stereocenters. The van der Waals surface area contributed by atoms with Crippen molar-refractivity contribution in [1.29, 1.82) is 0 Å². The molecule has 172 valence electrons. The first-order chi connectivity index (χ1) is 15.7. The van der Waals surface area contributed by atoms with Gasteiger partial charge in [0.25, 0.3) is 0 Å². The number of carbonyl (C=O) groups is 1. The summed E-state index contributed by atoms with van der Waals surface area (Å²) in [6, 6.07) is 5.43. The van der Waals surface area contributed by atoms with Crippen molar-refractivity contribution in [3.63, 3.8) is 0 Å². The highest BCUT2D eigenvalue weighted by atomic mass is 19.1. The number of alkyl halides is 1. The predicted molar refractivity (Wildman–Crippen MR) is 116 cm³/mol. The minimum atomic E-state index is -1.40. The van der Waals surface area contributed by atoms with Crippen molar-refractivity contribution in [3.8, 4) is 0 Å². The van der Waals surface area contributed by atoms with Gasteiger partial charge in [-0.3, -0.25) is 4.90 Å². The Hall–Kier alpha value is -3.13. The third kappa shape index (κ3) is 3.82. The molecule has 1 aliphatic heterocycles. The number of benzene rings is 2. The Morgan fingerprint density at radius 2 is 1.91 bits per heavy atom. The van der Waals surface area contributed by atoms with E-state index in [1.54, 1.807) is 17.0 Å². The topological polar surface area (TPSA) is 56.3 Å². The first kappa shape index (κ1) is 21.7. The van der Waals surface area contributed by atoms with E-state index in [1.165, 1.54) is 6.07 Å². The summed E-state index contributed by atoms with van der Waals surface area (Å²) >= 11 is 0. The van der Waals surface area contributed by atoms with Gasteiger partial charge in [-0.25, -0.2) is 22.4 Å². The zero-order valence-electron chi connectivity index (χ0n) is 17.8. The molecule has 0 saturated heterocycles. The highest BCUT2D eigenvalue weighted by molar-refractivity contribution is 5.86. The number of nitrogens with zero attached hydrogens (tertiary/aromatic N) is 1. The molecule has 1 aromatic heterocycles. The van der Waals surface area contributed by atoms with Gasteiger partial charge in [0.1, 0.15) is 23.1 Å². The van der Waals surface area contributed by atoms with Crippen molar-refractivity contribution in [2.24, 2.45) is 0 Å². The van der Waals surface area contributed by atoms with Crippen LogP contribution < -0.4 is 0 Å². The van der Waals surface area contributed by atoms with Crippen molar-refractivity contribution >= 4 is 22.9 Å². The third-order valence-corrected chi connectivity index (χ3v) is 6.63. The number of carboxylic acid groups (broad SMARTS) is 1. The number of nitrogens with one attached hydrogen (secondary N) is 1. The fourth-order valence-electron chi connectivity index (χ4n) is 4.88. The van der Waals surface area contributed by atoms with Gasteiger partial charge < -0.3 is 10.1 Å². The number of aromatic nitrogens is 1. The molecule has 5 rings (SSSR count). The molecule has 1 saturated carbocycles. The van der Waals surface area contributed by atoms with Gasteiger partial charge in [-0.15, -0.1) is 0 Å². The lowest BCUT2D eigenvalue weighted by atomic mass is 9.87. The van der Waals surface area contributed by atoms with Crippen molar-refractivity contribution in [1.82, 2.24) is 9.88 Å². The molecule has 2 aliphatic rings. The smallest absolute Gasteiger partial charge is 0.328 e. The van der Waals surface area contributed by atoms with Crippen molar-refractivity contribution < 1.29 is 27.5 Å². The summed E-state index contributed by atoms with van der Waals surface area (Å²) in [6.45, 7) is 1.86. The summed E-state index contributed by atoms with van der Waals surface area (Å²) in [6.07, 6.45) is 3.08. The largest absolute Gasteiger partial charge is 0.478 e. The molecule has 2 atom stereocenters. The first-order valence-electron chi connectivity index (χ1n) is 10.8. The minimum absolute atomic E-state index is 0.00959. The van der Waals surface area contributed by atoms with Gasteiger partial charge >= 0.3 is 5.97 Å². The van der Waals surface area contributed by atoms with Crippen LogP contribution in [0.5, 0.6) is 0 Å². The lowest BCUT2D eigenvalue weighted by Crippen LogP contribution is -2.46. The first-order valence-corrected chi connectivity index (χ1v) is 10.8. The molecular weight excluding hydrogens is 436 g/mol. The van der Waals surface area contributed by atoms with Crippen LogP contribution in [0.25, 0.3) is 17.0 Å². The number of hydrogen-bond acceptors (Lipinski definition) is 2. The highest BCUT2D eigenvalue weighted by Gasteiger charge is 2.49. The number of halogens is 4. The molecule has 1 fully saturated rings. The van der Waals surface area contributed by atoms with Crippen LogP contribution in [0, 0.1) is 17.5 Å². The lowest BCUT2D eigenvalue weighted by molar-refractivity contribution is -0.131. The fraction of sp³-hybridized carbons (Fsp3) is 0.320. The Morgan fingerprint density at radius 1 is 1.21 bits per heavy atom. The number of hydrogen-bond donors (Lipinski definition) is 2. The van der Waals surface area contributed by atoms with Gasteiger partial charge in [0.15, 0.2) is 0 Å². The number of H-pyrrole nitrogens is 1. The van der Waals surface area contributed by atoms with Gasteiger partial charge in [0.05, 0.1) is 6.04 Å². The van der Waals surface area contributed by atoms with Crippen LogP contribution in [0.15, 0.2) is 36.4 Å². The van der Waals surface area contributed by atoms with E-state index in [4.69, 9.17) is 5.11 Å². The van der Waals surface area contributed by atoms with Gasteiger partial charge in [0.2, 0.25) is 0 Å². The van der Waals surface area contributed by atoms with Crippen molar-refractivity contribution in [2.75, 3.05) is 6.54 Å². The Labute approximate surface area is 187 Å². The predicted octanol–water partition coefficient (Wildman–Crippen LogP) is 5.52. The maximum absolute atomic E-state index is 15.4. The quantitative estimate of drug-likeness (QED) is 0.391. The molecule has 3 aromatic rings. The zero-order valence-corrected chi connectivity index (χ0v) is 17.8. The summed E-state index contributed by atoms with van der Waals surface area (Å²) in [7, 11) is 0. The van der Waals surface area contributed by atoms with Gasteiger partial charge in [-0.1, -0.05) is 6.07 Å². The number of aromatic amines is 1. The van der Waals surface area contributed by atoms with E-state index in [0.717, 1.165) is 24.3 Å². The van der Waals surface area contributed by atoms with Gasteiger partial charge in [-0.05, 0) is 67.7 Å². The molecule has 2 heterocycles. The number of fused-ring (bicyclic) bond motifs is 3. The van der Waals surface area contributed by atoms with Crippen LogP contribution in [0.3, 0.4) is 0 Å². The summed E-state index contributed by atoms with van der Waals surface area (Å²) in [5.41, 5.74) is -0.0241. The molecular formula is C25H22F4N2O2. The molecule has 2 aromatic carbocycles. The third-order valence-electron chi connectivity index (χ3n) is 6.63. The van der Waals surface area contributed by atoms with Crippen LogP contribution >= 0.6 is 0 Å². The fourth-order valence-corrected chi connectivity index (χ4v) is 4.88. The normalized spacial score (nSPS) is 22.1. The summed E-state index contributed by atoms with van der Waals surface area (Å²) in [5, 5.41) is 9.18. The number of rotatable bonds is 5. The molecule has 4 nitrogen and oxygen atoms in total. The average molecular weight is 458 g/mol. The van der Waals surface area contributed by atoms with E-state index >= 15 is 8.78 Å². The highest BCUT2D eigenvalue weighted by Crippen LogP contribution is 2.47. The van der Waals surface area contributed by atoms with Crippen LogP contribution in [0.4, 0.5) is 17.6 Å². The summed E-state index contributed by atoms with van der Waals surface area (Å²) in [4.78, 5) is 15.7. The molecule has 0 bridgehead atoms. The van der Waals surface area contributed by atoms with E-state index in [0.29, 0.717) is 41.4 Å². The molecule has 0 amide bonds. The summed E-state index contributed by atoms with van der Waals surface area (Å²) < 4.78 is 60.3. The maximum Gasteiger partial charge on any atom is 0.328 e. The van der Waals surface area contributed by atoms with Crippen molar-refractivity contribution in [3.05, 3.63) is 76.2 Å². The standard InChI is InChI=1S/C25H22F4N2O2/c1-13-9-15-21-16(26)3-2-4-19(21)30-23(15)24(31(13)12-25(29)7-8-25)22-17(27)10-14(11-18(22)28)5-6-20(32)33/h2-6,10-11,13,24,30H,7-9,12H2,1H3,(H,32,33)/b6-5+/t13-,24-/m1/s1. The van der Waals surface area contributed by atoms with Crippen LogP contribution in [0.2, 0.25) is 0 Å². The minimum Gasteiger partial charge on any atom is -0.478 e. The number of aliphatic carboxylic acids is 1. The molecule has 2 N–H and O–H groups in total. The Balaban J connectivity index is 1.70. The van der Waals surface area contributed by atoms with Crippen molar-refractivity contribution in [2.45, 2.75) is 43.9 Å². The second kappa shape index (κ2) is 7.73.